The SMILES string of the molecule is NS(=O)(=O)N1C(Nc2ccccc2)=NC=C(F)C1(CNS(=O)(=O)CC(F)(F)F)Nc1ccccc1. The molecule has 2 aromatic rings. The van der Waals surface area contributed by atoms with Crippen LogP contribution in [0.15, 0.2) is 77.7 Å². The minimum absolute atomic E-state index is 0.0979. The number of rotatable bonds is 8. The number of nitrogens with two attached hydrogens (primary N) is 1. The Morgan fingerprint density at radius 1 is 0.943 bits per heavy atom. The summed E-state index contributed by atoms with van der Waals surface area (Å²) in [6.45, 7) is -1.21. The molecule has 190 valence electrons. The monoisotopic (exact) mass is 536 g/mol. The highest BCUT2D eigenvalue weighted by atomic mass is 32.2. The second kappa shape index (κ2) is 9.80. The molecule has 1 atom stereocenters. The molecule has 5 N–H and O–H groups in total. The van der Waals surface area contributed by atoms with Gasteiger partial charge in [0.15, 0.2) is 17.2 Å². The molecule has 0 saturated carbocycles. The number of sulfonamides is 1. The number of anilines is 2. The van der Waals surface area contributed by atoms with Crippen LogP contribution in [0.5, 0.6) is 0 Å². The Bertz CT molecular complexity index is 1320. The number of hydrogen-bond donors (Lipinski definition) is 4. The number of hydrogen-bond acceptors (Lipinski definition) is 7. The smallest absolute Gasteiger partial charge is 0.355 e. The first-order valence-corrected chi connectivity index (χ1v) is 12.8. The van der Waals surface area contributed by atoms with Crippen molar-refractivity contribution in [2.24, 2.45) is 10.1 Å². The molecule has 1 aliphatic rings. The predicted molar refractivity (Wildman–Crippen MR) is 122 cm³/mol. The fourth-order valence-electron chi connectivity index (χ4n) is 3.18. The lowest BCUT2D eigenvalue weighted by molar-refractivity contribution is -0.106. The predicted octanol–water partition coefficient (Wildman–Crippen LogP) is 2.07. The van der Waals surface area contributed by atoms with Crippen LogP contribution >= 0.6 is 0 Å². The van der Waals surface area contributed by atoms with E-state index in [2.05, 4.69) is 15.6 Å². The van der Waals surface area contributed by atoms with Gasteiger partial charge in [0.05, 0.1) is 12.7 Å². The van der Waals surface area contributed by atoms with Gasteiger partial charge in [0.25, 0.3) is 0 Å². The average molecular weight is 537 g/mol. The van der Waals surface area contributed by atoms with E-state index >= 15 is 4.39 Å². The highest BCUT2D eigenvalue weighted by molar-refractivity contribution is 7.89. The van der Waals surface area contributed by atoms with Crippen molar-refractivity contribution in [1.82, 2.24) is 9.03 Å². The van der Waals surface area contributed by atoms with Gasteiger partial charge >= 0.3 is 16.4 Å². The third-order valence-electron chi connectivity index (χ3n) is 4.55. The van der Waals surface area contributed by atoms with Crippen LogP contribution in [0.3, 0.4) is 0 Å². The van der Waals surface area contributed by atoms with Crippen molar-refractivity contribution < 1.29 is 34.4 Å². The van der Waals surface area contributed by atoms with Gasteiger partial charge in [-0.05, 0) is 24.3 Å². The maximum absolute atomic E-state index is 15.4. The average Bonchev–Trinajstić information content (AvgIpc) is 2.74. The highest BCUT2D eigenvalue weighted by Gasteiger charge is 2.52. The molecule has 0 aliphatic carbocycles. The molecule has 0 saturated heterocycles. The third-order valence-corrected chi connectivity index (χ3v) is 6.83. The molecule has 1 aliphatic heterocycles. The molecule has 0 amide bonds. The lowest BCUT2D eigenvalue weighted by atomic mass is 10.1. The van der Waals surface area contributed by atoms with Crippen molar-refractivity contribution in [3.05, 3.63) is 72.7 Å². The zero-order chi connectivity index (χ0) is 25.9. The summed E-state index contributed by atoms with van der Waals surface area (Å²) in [6.07, 6.45) is -4.51. The minimum Gasteiger partial charge on any atom is -0.355 e. The standard InChI is InChI=1S/C19H20F4N6O4S2/c20-16-11-25-17(27-14-7-3-1-4-8-14)29(35(24,32)33)18(16,28-15-9-5-2-6-10-15)12-26-34(30,31)13-19(21,22)23/h1-11,26,28H,12-13H2,(H,25,27)(H2,24,32,33). The van der Waals surface area contributed by atoms with E-state index in [1.807, 2.05) is 0 Å². The van der Waals surface area contributed by atoms with Crippen molar-refractivity contribution in [3.8, 4) is 0 Å². The summed E-state index contributed by atoms with van der Waals surface area (Å²) in [4.78, 5) is 3.73. The number of guanidine groups is 1. The Labute approximate surface area is 198 Å². The number of alkyl halides is 3. The lowest BCUT2D eigenvalue weighted by Gasteiger charge is -2.44. The molecule has 3 rings (SSSR count). The molecule has 16 heteroatoms. The van der Waals surface area contributed by atoms with Crippen LogP contribution in [0.1, 0.15) is 0 Å². The first-order valence-electron chi connectivity index (χ1n) is 9.68. The molecule has 1 heterocycles. The maximum atomic E-state index is 15.4. The first kappa shape index (κ1) is 26.4. The Morgan fingerprint density at radius 2 is 1.49 bits per heavy atom. The highest BCUT2D eigenvalue weighted by Crippen LogP contribution is 2.33. The molecular weight excluding hydrogens is 516 g/mol. The number of halogens is 4. The quantitative estimate of drug-likeness (QED) is 0.380. The molecule has 0 bridgehead atoms. The molecule has 1 unspecified atom stereocenters. The topological polar surface area (TPSA) is 146 Å². The lowest BCUT2D eigenvalue weighted by Crippen LogP contribution is -2.68. The van der Waals surface area contributed by atoms with Crippen LogP contribution in [0.25, 0.3) is 0 Å². The van der Waals surface area contributed by atoms with E-state index in [-0.39, 0.29) is 9.99 Å². The second-order valence-electron chi connectivity index (χ2n) is 7.28. The van der Waals surface area contributed by atoms with Crippen molar-refractivity contribution >= 4 is 37.6 Å². The van der Waals surface area contributed by atoms with Crippen LogP contribution in [0.2, 0.25) is 0 Å². The summed E-state index contributed by atoms with van der Waals surface area (Å²) in [5.74, 6) is -4.16. The van der Waals surface area contributed by atoms with Gasteiger partial charge in [0.1, 0.15) is 0 Å². The zero-order valence-corrected chi connectivity index (χ0v) is 19.3. The van der Waals surface area contributed by atoms with Gasteiger partial charge in [-0.1, -0.05) is 36.4 Å². The van der Waals surface area contributed by atoms with Gasteiger partial charge in [0, 0.05) is 11.4 Å². The van der Waals surface area contributed by atoms with Gasteiger partial charge in [-0.3, -0.25) is 0 Å². The van der Waals surface area contributed by atoms with E-state index in [0.29, 0.717) is 11.9 Å². The molecule has 35 heavy (non-hydrogen) atoms. The molecular formula is C19H20F4N6O4S2. The largest absolute Gasteiger partial charge is 0.404 e. The number of nitrogens with one attached hydrogen (secondary N) is 3. The third kappa shape index (κ3) is 6.68. The van der Waals surface area contributed by atoms with Crippen LogP contribution in [-0.4, -0.2) is 51.2 Å². The van der Waals surface area contributed by atoms with Gasteiger partial charge in [0.2, 0.25) is 16.0 Å². The molecule has 0 spiro atoms. The van der Waals surface area contributed by atoms with Crippen molar-refractivity contribution in [3.63, 3.8) is 0 Å². The van der Waals surface area contributed by atoms with Gasteiger partial charge < -0.3 is 10.6 Å². The van der Waals surface area contributed by atoms with Gasteiger partial charge in [-0.2, -0.15) is 25.9 Å². The van der Waals surface area contributed by atoms with E-state index in [1.54, 1.807) is 29.0 Å². The maximum Gasteiger partial charge on any atom is 0.404 e. The van der Waals surface area contributed by atoms with E-state index < -0.39 is 56.2 Å². The molecule has 2 aromatic carbocycles. The van der Waals surface area contributed by atoms with Crippen LogP contribution in [0.4, 0.5) is 28.9 Å². The summed E-state index contributed by atoms with van der Waals surface area (Å²) in [7, 11) is -9.99. The van der Waals surface area contributed by atoms with Crippen LogP contribution in [-0.2, 0) is 20.2 Å². The fraction of sp³-hybridized carbons (Fsp3) is 0.211. The Morgan fingerprint density at radius 3 is 2.00 bits per heavy atom. The fourth-order valence-corrected chi connectivity index (χ4v) is 5.11. The normalized spacial score (nSPS) is 19.1. The van der Waals surface area contributed by atoms with E-state index in [0.717, 1.165) is 0 Å². The van der Waals surface area contributed by atoms with Crippen molar-refractivity contribution in [2.45, 2.75) is 11.8 Å². The summed E-state index contributed by atoms with van der Waals surface area (Å²) in [6, 6.07) is 15.3. The number of nitrogens with zero attached hydrogens (tertiary/aromatic N) is 2. The van der Waals surface area contributed by atoms with Crippen molar-refractivity contribution in [1.29, 1.82) is 0 Å². The first-order chi connectivity index (χ1) is 16.2. The Kier molecular flexibility index (Phi) is 7.39. The van der Waals surface area contributed by atoms with Crippen LogP contribution < -0.4 is 20.5 Å². The molecule has 0 radical (unpaired) electrons. The molecule has 0 fully saturated rings. The van der Waals surface area contributed by atoms with Crippen LogP contribution in [0, 0.1) is 0 Å². The zero-order valence-electron chi connectivity index (χ0n) is 17.7. The number of para-hydroxylation sites is 2. The number of benzene rings is 2. The summed E-state index contributed by atoms with van der Waals surface area (Å²) in [5.41, 5.74) is -2.26. The minimum atomic E-state index is -5.10. The number of aliphatic imine (C=N–C) groups is 1. The Hall–Kier alpha value is -3.21. The molecule has 10 nitrogen and oxygen atoms in total. The summed E-state index contributed by atoms with van der Waals surface area (Å²) < 4.78 is 105. The van der Waals surface area contributed by atoms with E-state index in [9.17, 15) is 30.0 Å². The second-order valence-corrected chi connectivity index (χ2v) is 10.5. The summed E-state index contributed by atoms with van der Waals surface area (Å²) in [5, 5.41) is 10.6. The summed E-state index contributed by atoms with van der Waals surface area (Å²) >= 11 is 0. The van der Waals surface area contributed by atoms with Gasteiger partial charge in [-0.15, -0.1) is 0 Å². The van der Waals surface area contributed by atoms with E-state index in [1.165, 1.54) is 36.4 Å². The van der Waals surface area contributed by atoms with Gasteiger partial charge in [-0.25, -0.2) is 27.7 Å². The van der Waals surface area contributed by atoms with E-state index in [4.69, 9.17) is 5.14 Å². The molecule has 0 aromatic heterocycles. The Balaban J connectivity index is 2.11. The van der Waals surface area contributed by atoms with Crippen molar-refractivity contribution in [2.75, 3.05) is 22.9 Å².